The fraction of sp³-hybridized carbons (Fsp3) is 0.263. The van der Waals surface area contributed by atoms with Crippen molar-refractivity contribution in [2.75, 3.05) is 14.2 Å². The first kappa shape index (κ1) is 19.1. The maximum atomic E-state index is 12.3. The van der Waals surface area contributed by atoms with Gasteiger partial charge in [-0.05, 0) is 5.56 Å². The molecule has 7 nitrogen and oxygen atoms in total. The second-order valence-electron chi connectivity index (χ2n) is 5.60. The molecule has 0 unspecified atom stereocenters. The van der Waals surface area contributed by atoms with Crippen molar-refractivity contribution in [1.82, 2.24) is 0 Å². The Hall–Kier alpha value is -3.22. The quantitative estimate of drug-likeness (QED) is 0.327. The number of ether oxygens (including phenoxy) is 2. The monoisotopic (exact) mass is 357 g/mol. The molecule has 0 aliphatic carbocycles. The highest BCUT2D eigenvalue weighted by molar-refractivity contribution is 5.96. The molecule has 0 amide bonds. The van der Waals surface area contributed by atoms with Crippen LogP contribution >= 0.6 is 0 Å². The standard InChI is InChI=1S/C19H19NO6/c1-25-18(21)16(19(22)26-2)15(13-9-5-3-6-10-13)17(20(23)24)14-11-7-4-8-12-14/h3-12,15-17H,1-2H3/t15-,17-/m1/s1. The maximum absolute atomic E-state index is 12.3. The largest absolute Gasteiger partial charge is 0.468 e. The first-order valence-corrected chi connectivity index (χ1v) is 7.90. The Morgan fingerprint density at radius 3 is 1.65 bits per heavy atom. The average Bonchev–Trinajstić information content (AvgIpc) is 2.68. The normalized spacial score (nSPS) is 12.9. The van der Waals surface area contributed by atoms with Crippen LogP contribution < -0.4 is 0 Å². The van der Waals surface area contributed by atoms with Crippen molar-refractivity contribution in [2.45, 2.75) is 12.0 Å². The van der Waals surface area contributed by atoms with Gasteiger partial charge in [-0.15, -0.1) is 0 Å². The summed E-state index contributed by atoms with van der Waals surface area (Å²) in [6.07, 6.45) is 0. The van der Waals surface area contributed by atoms with Crippen LogP contribution in [-0.4, -0.2) is 31.1 Å². The zero-order valence-corrected chi connectivity index (χ0v) is 14.4. The van der Waals surface area contributed by atoms with Gasteiger partial charge in [0.1, 0.15) is 0 Å². The highest BCUT2D eigenvalue weighted by Crippen LogP contribution is 2.40. The Morgan fingerprint density at radius 1 is 0.846 bits per heavy atom. The Labute approximate surface area is 150 Å². The molecule has 0 N–H and O–H groups in total. The first-order chi connectivity index (χ1) is 12.5. The number of methoxy groups -OCH3 is 2. The summed E-state index contributed by atoms with van der Waals surface area (Å²) < 4.78 is 9.48. The van der Waals surface area contributed by atoms with Gasteiger partial charge >= 0.3 is 11.9 Å². The van der Waals surface area contributed by atoms with Gasteiger partial charge in [0.15, 0.2) is 5.92 Å². The lowest BCUT2D eigenvalue weighted by atomic mass is 9.78. The minimum absolute atomic E-state index is 0.379. The van der Waals surface area contributed by atoms with Crippen molar-refractivity contribution in [3.8, 4) is 0 Å². The lowest BCUT2D eigenvalue weighted by Gasteiger charge is -2.26. The van der Waals surface area contributed by atoms with Gasteiger partial charge in [-0.2, -0.15) is 0 Å². The average molecular weight is 357 g/mol. The molecular weight excluding hydrogens is 338 g/mol. The highest BCUT2D eigenvalue weighted by Gasteiger charge is 2.48. The van der Waals surface area contributed by atoms with Gasteiger partial charge in [0.05, 0.1) is 20.1 Å². The number of benzene rings is 2. The fourth-order valence-corrected chi connectivity index (χ4v) is 2.99. The Bertz CT molecular complexity index is 746. The highest BCUT2D eigenvalue weighted by atomic mass is 16.6. The topological polar surface area (TPSA) is 95.7 Å². The van der Waals surface area contributed by atoms with Crippen LogP contribution in [0.4, 0.5) is 0 Å². The Morgan fingerprint density at radius 2 is 1.27 bits per heavy atom. The molecule has 26 heavy (non-hydrogen) atoms. The van der Waals surface area contributed by atoms with Crippen LogP contribution in [0.25, 0.3) is 0 Å². The lowest BCUT2D eigenvalue weighted by Crippen LogP contribution is -2.37. The molecule has 0 aromatic heterocycles. The predicted octanol–water partition coefficient (Wildman–Crippen LogP) is 2.75. The van der Waals surface area contributed by atoms with Crippen LogP contribution in [-0.2, 0) is 19.1 Å². The number of esters is 2. The molecule has 7 heteroatoms. The molecule has 0 aliphatic heterocycles. The third-order valence-corrected chi connectivity index (χ3v) is 4.16. The molecule has 0 radical (unpaired) electrons. The van der Waals surface area contributed by atoms with E-state index >= 15 is 0 Å². The molecule has 0 saturated heterocycles. The smallest absolute Gasteiger partial charge is 0.320 e. The van der Waals surface area contributed by atoms with E-state index in [2.05, 4.69) is 0 Å². The van der Waals surface area contributed by atoms with Crippen LogP contribution in [0, 0.1) is 16.0 Å². The van der Waals surface area contributed by atoms with E-state index in [0.717, 1.165) is 14.2 Å². The van der Waals surface area contributed by atoms with Crippen LogP contribution in [0.3, 0.4) is 0 Å². The van der Waals surface area contributed by atoms with Gasteiger partial charge in [-0.3, -0.25) is 19.7 Å². The van der Waals surface area contributed by atoms with Crippen LogP contribution in [0.2, 0.25) is 0 Å². The van der Waals surface area contributed by atoms with E-state index in [1.54, 1.807) is 60.7 Å². The minimum Gasteiger partial charge on any atom is -0.468 e. The van der Waals surface area contributed by atoms with E-state index in [-0.39, 0.29) is 0 Å². The SMILES string of the molecule is COC(=O)C(C(=O)OC)[C@@H](c1ccccc1)[C@@H](c1ccccc1)[N+](=O)[O-]. The van der Waals surface area contributed by atoms with Gasteiger partial charge in [0.25, 0.3) is 0 Å². The first-order valence-electron chi connectivity index (χ1n) is 7.90. The number of nitrogens with zero attached hydrogens (tertiary/aromatic N) is 1. The summed E-state index contributed by atoms with van der Waals surface area (Å²) in [4.78, 5) is 36.1. The predicted molar refractivity (Wildman–Crippen MR) is 92.9 cm³/mol. The van der Waals surface area contributed by atoms with Crippen molar-refractivity contribution in [3.05, 3.63) is 81.9 Å². The van der Waals surface area contributed by atoms with Gasteiger partial charge in [-0.25, -0.2) is 0 Å². The molecular formula is C19H19NO6. The van der Waals surface area contributed by atoms with Crippen molar-refractivity contribution >= 4 is 11.9 Å². The van der Waals surface area contributed by atoms with Crippen molar-refractivity contribution < 1.29 is 24.0 Å². The second-order valence-corrected chi connectivity index (χ2v) is 5.60. The lowest BCUT2D eigenvalue weighted by molar-refractivity contribution is -0.534. The third kappa shape index (κ3) is 4.05. The number of carbonyl (C=O) groups is 2. The van der Waals surface area contributed by atoms with E-state index in [1.807, 2.05) is 0 Å². The Balaban J connectivity index is 2.68. The Kier molecular flexibility index (Phi) is 6.43. The number of nitro groups is 1. The zero-order chi connectivity index (χ0) is 19.1. The van der Waals surface area contributed by atoms with Crippen molar-refractivity contribution in [3.63, 3.8) is 0 Å². The van der Waals surface area contributed by atoms with Gasteiger partial charge < -0.3 is 9.47 Å². The molecule has 0 fully saturated rings. The van der Waals surface area contributed by atoms with Crippen LogP contribution in [0.1, 0.15) is 23.1 Å². The summed E-state index contributed by atoms with van der Waals surface area (Å²) in [5.41, 5.74) is 0.850. The van der Waals surface area contributed by atoms with E-state index in [1.165, 1.54) is 0 Å². The summed E-state index contributed by atoms with van der Waals surface area (Å²) in [5.74, 6) is -4.32. The zero-order valence-electron chi connectivity index (χ0n) is 14.4. The number of hydrogen-bond donors (Lipinski definition) is 0. The molecule has 2 rings (SSSR count). The summed E-state index contributed by atoms with van der Waals surface area (Å²) in [6, 6.07) is 15.3. The molecule has 0 saturated carbocycles. The van der Waals surface area contributed by atoms with Gasteiger partial charge in [-0.1, -0.05) is 60.7 Å². The molecule has 0 heterocycles. The summed E-state index contributed by atoms with van der Waals surface area (Å²) in [6.45, 7) is 0. The summed E-state index contributed by atoms with van der Waals surface area (Å²) >= 11 is 0. The molecule has 0 bridgehead atoms. The molecule has 2 aromatic carbocycles. The fourth-order valence-electron chi connectivity index (χ4n) is 2.99. The molecule has 136 valence electrons. The maximum Gasteiger partial charge on any atom is 0.320 e. The number of carbonyl (C=O) groups excluding carboxylic acids is 2. The molecule has 2 atom stereocenters. The summed E-state index contributed by atoms with van der Waals surface area (Å²) in [5, 5.41) is 11.9. The van der Waals surface area contributed by atoms with Gasteiger partial charge in [0, 0.05) is 10.5 Å². The second kappa shape index (κ2) is 8.75. The van der Waals surface area contributed by atoms with E-state index < -0.39 is 34.7 Å². The van der Waals surface area contributed by atoms with Gasteiger partial charge in [0.2, 0.25) is 6.04 Å². The van der Waals surface area contributed by atoms with E-state index in [9.17, 15) is 19.7 Å². The van der Waals surface area contributed by atoms with Crippen molar-refractivity contribution in [1.29, 1.82) is 0 Å². The van der Waals surface area contributed by atoms with Crippen LogP contribution in [0.15, 0.2) is 60.7 Å². The minimum atomic E-state index is -1.47. The number of hydrogen-bond acceptors (Lipinski definition) is 6. The molecule has 0 aliphatic rings. The summed E-state index contributed by atoms with van der Waals surface area (Å²) in [7, 11) is 2.26. The number of rotatable bonds is 7. The molecule has 0 spiro atoms. The van der Waals surface area contributed by atoms with E-state index in [4.69, 9.17) is 9.47 Å². The van der Waals surface area contributed by atoms with Crippen molar-refractivity contribution in [2.24, 2.45) is 5.92 Å². The molecule has 2 aromatic rings. The van der Waals surface area contributed by atoms with E-state index in [0.29, 0.717) is 11.1 Å². The van der Waals surface area contributed by atoms with Crippen LogP contribution in [0.5, 0.6) is 0 Å². The third-order valence-electron chi connectivity index (χ3n) is 4.16.